The number of amides is 2. The van der Waals surface area contributed by atoms with E-state index < -0.39 is 0 Å². The van der Waals surface area contributed by atoms with E-state index in [1.165, 1.54) is 10.9 Å². The molecule has 2 fully saturated rings. The average Bonchev–Trinajstić information content (AvgIpc) is 3.25. The highest BCUT2D eigenvalue weighted by atomic mass is 16.5. The predicted octanol–water partition coefficient (Wildman–Crippen LogP) is 3.04. The first kappa shape index (κ1) is 22.8. The number of methoxy groups -OCH3 is 1. The topological polar surface area (TPSA) is 83.7 Å². The second kappa shape index (κ2) is 10.5. The zero-order valence-electron chi connectivity index (χ0n) is 19.0. The Morgan fingerprint density at radius 1 is 1.22 bits per heavy atom. The molecule has 2 N–H and O–H groups in total. The molecule has 32 heavy (non-hydrogen) atoms. The maximum atomic E-state index is 12.9. The molecule has 1 aromatic carbocycles. The number of aromatic nitrogens is 1. The van der Waals surface area contributed by atoms with Gasteiger partial charge in [-0.1, -0.05) is 18.2 Å². The van der Waals surface area contributed by atoms with Gasteiger partial charge in [0.15, 0.2) is 0 Å². The van der Waals surface area contributed by atoms with Crippen LogP contribution in [-0.2, 0) is 25.5 Å². The number of nitrogens with zero attached hydrogens (tertiary/aromatic N) is 1. The highest BCUT2D eigenvalue weighted by Gasteiger charge is 2.38. The van der Waals surface area contributed by atoms with Crippen LogP contribution in [0.25, 0.3) is 10.9 Å². The standard InChI is InChI=1S/C25H35N3O4/c1-31-17-12-25(27-24(30)19-8-15-32-16-9-19)10-13-28(14-11-25)23(29)7-6-20-18-26-22-5-3-2-4-21(20)22/h2-5,18-19,26H,6-17H2,1H3,(H,27,30). The summed E-state index contributed by atoms with van der Waals surface area (Å²) in [6.45, 7) is 3.25. The van der Waals surface area contributed by atoms with E-state index >= 15 is 0 Å². The molecule has 3 heterocycles. The number of hydrogen-bond donors (Lipinski definition) is 2. The number of ether oxygens (including phenoxy) is 2. The highest BCUT2D eigenvalue weighted by molar-refractivity contribution is 5.84. The van der Waals surface area contributed by atoms with Gasteiger partial charge in [0, 0.05) is 75.0 Å². The summed E-state index contributed by atoms with van der Waals surface area (Å²) in [5.74, 6) is 0.342. The molecule has 0 aliphatic carbocycles. The third-order valence-electron chi connectivity index (χ3n) is 7.12. The van der Waals surface area contributed by atoms with Gasteiger partial charge in [-0.15, -0.1) is 0 Å². The zero-order chi connectivity index (χ0) is 22.4. The molecule has 174 valence electrons. The van der Waals surface area contributed by atoms with Gasteiger partial charge >= 0.3 is 0 Å². The summed E-state index contributed by atoms with van der Waals surface area (Å²) in [4.78, 5) is 31.1. The Hall–Kier alpha value is -2.38. The van der Waals surface area contributed by atoms with Gasteiger partial charge < -0.3 is 24.7 Å². The van der Waals surface area contributed by atoms with Crippen LogP contribution >= 0.6 is 0 Å². The molecule has 2 amide bonds. The number of hydrogen-bond acceptors (Lipinski definition) is 4. The van der Waals surface area contributed by atoms with E-state index in [4.69, 9.17) is 9.47 Å². The molecule has 0 radical (unpaired) electrons. The number of H-pyrrole nitrogens is 1. The van der Waals surface area contributed by atoms with Gasteiger partial charge in [-0.2, -0.15) is 0 Å². The van der Waals surface area contributed by atoms with Gasteiger partial charge in [0.1, 0.15) is 0 Å². The van der Waals surface area contributed by atoms with Crippen molar-refractivity contribution in [3.05, 3.63) is 36.0 Å². The van der Waals surface area contributed by atoms with Crippen LogP contribution in [0.1, 0.15) is 44.1 Å². The third kappa shape index (κ3) is 5.33. The van der Waals surface area contributed by atoms with Crippen molar-refractivity contribution in [3.63, 3.8) is 0 Å². The normalized spacial score (nSPS) is 19.2. The Kier molecular flexibility index (Phi) is 7.48. The van der Waals surface area contributed by atoms with Gasteiger partial charge in [-0.05, 0) is 50.2 Å². The molecule has 0 bridgehead atoms. The molecule has 0 saturated carbocycles. The number of likely N-dealkylation sites (tertiary alicyclic amines) is 1. The van der Waals surface area contributed by atoms with Crippen LogP contribution in [0.15, 0.2) is 30.5 Å². The predicted molar refractivity (Wildman–Crippen MR) is 123 cm³/mol. The summed E-state index contributed by atoms with van der Waals surface area (Å²) in [7, 11) is 1.69. The van der Waals surface area contributed by atoms with Crippen molar-refractivity contribution < 1.29 is 19.1 Å². The van der Waals surface area contributed by atoms with E-state index in [1.807, 2.05) is 23.2 Å². The fourth-order valence-electron chi connectivity index (χ4n) is 4.98. The summed E-state index contributed by atoms with van der Waals surface area (Å²) < 4.78 is 10.7. The minimum Gasteiger partial charge on any atom is -0.385 e. The number of aromatic amines is 1. The number of nitrogens with one attached hydrogen (secondary N) is 2. The number of rotatable bonds is 8. The van der Waals surface area contributed by atoms with Crippen LogP contribution in [0, 0.1) is 5.92 Å². The fraction of sp³-hybridized carbons (Fsp3) is 0.600. The molecule has 1 aromatic heterocycles. The molecule has 2 aromatic rings. The Labute approximate surface area is 189 Å². The highest BCUT2D eigenvalue weighted by Crippen LogP contribution is 2.28. The fourth-order valence-corrected chi connectivity index (χ4v) is 4.98. The van der Waals surface area contributed by atoms with Crippen LogP contribution in [0.4, 0.5) is 0 Å². The lowest BCUT2D eigenvalue weighted by molar-refractivity contribution is -0.134. The molecule has 2 aliphatic rings. The van der Waals surface area contributed by atoms with Gasteiger partial charge in [0.25, 0.3) is 0 Å². The maximum Gasteiger partial charge on any atom is 0.223 e. The minimum atomic E-state index is -0.293. The summed E-state index contributed by atoms with van der Waals surface area (Å²) in [5, 5.41) is 4.54. The molecule has 4 rings (SSSR count). The zero-order valence-corrected chi connectivity index (χ0v) is 19.0. The molecule has 7 nitrogen and oxygen atoms in total. The van der Waals surface area contributed by atoms with Crippen LogP contribution in [-0.4, -0.2) is 67.3 Å². The third-order valence-corrected chi connectivity index (χ3v) is 7.12. The quantitative estimate of drug-likeness (QED) is 0.660. The maximum absolute atomic E-state index is 12.9. The summed E-state index contributed by atoms with van der Waals surface area (Å²) in [5.41, 5.74) is 2.00. The number of benzene rings is 1. The summed E-state index contributed by atoms with van der Waals surface area (Å²) >= 11 is 0. The van der Waals surface area contributed by atoms with E-state index in [1.54, 1.807) is 7.11 Å². The number of aryl methyl sites for hydroxylation is 1. The SMILES string of the molecule is COCCC1(NC(=O)C2CCOCC2)CCN(C(=O)CCc2c[nH]c3ccccc23)CC1. The van der Waals surface area contributed by atoms with Crippen molar-refractivity contribution >= 4 is 22.7 Å². The van der Waals surface area contributed by atoms with Crippen molar-refractivity contribution in [2.75, 3.05) is 40.0 Å². The first-order chi connectivity index (χ1) is 15.6. The van der Waals surface area contributed by atoms with E-state index in [0.29, 0.717) is 39.3 Å². The van der Waals surface area contributed by atoms with E-state index in [0.717, 1.165) is 44.0 Å². The van der Waals surface area contributed by atoms with Crippen molar-refractivity contribution in [1.29, 1.82) is 0 Å². The Balaban J connectivity index is 1.32. The lowest BCUT2D eigenvalue weighted by atomic mass is 9.83. The molecular formula is C25H35N3O4. The molecular weight excluding hydrogens is 406 g/mol. The second-order valence-electron chi connectivity index (χ2n) is 9.14. The summed E-state index contributed by atoms with van der Waals surface area (Å²) in [6.07, 6.45) is 7.12. The van der Waals surface area contributed by atoms with Crippen molar-refractivity contribution in [2.24, 2.45) is 5.92 Å². The minimum absolute atomic E-state index is 0.0269. The molecule has 2 aliphatic heterocycles. The Bertz CT molecular complexity index is 911. The number of carbonyl (C=O) groups excluding carboxylic acids is 2. The van der Waals surface area contributed by atoms with E-state index in [-0.39, 0.29) is 23.3 Å². The lowest BCUT2D eigenvalue weighted by Crippen LogP contribution is -2.58. The molecule has 0 atom stereocenters. The molecule has 7 heteroatoms. The van der Waals surface area contributed by atoms with Gasteiger partial charge in [-0.3, -0.25) is 9.59 Å². The van der Waals surface area contributed by atoms with E-state index in [9.17, 15) is 9.59 Å². The number of para-hydroxylation sites is 1. The number of carbonyl (C=O) groups is 2. The molecule has 0 spiro atoms. The van der Waals surface area contributed by atoms with Gasteiger partial charge in [0.2, 0.25) is 11.8 Å². The van der Waals surface area contributed by atoms with Crippen molar-refractivity contribution in [2.45, 2.75) is 50.5 Å². The first-order valence-electron chi connectivity index (χ1n) is 11.8. The van der Waals surface area contributed by atoms with Crippen molar-refractivity contribution in [3.8, 4) is 0 Å². The monoisotopic (exact) mass is 441 g/mol. The largest absolute Gasteiger partial charge is 0.385 e. The lowest BCUT2D eigenvalue weighted by Gasteiger charge is -2.43. The van der Waals surface area contributed by atoms with Crippen LogP contribution < -0.4 is 5.32 Å². The average molecular weight is 442 g/mol. The first-order valence-corrected chi connectivity index (χ1v) is 11.8. The van der Waals surface area contributed by atoms with Crippen LogP contribution in [0.5, 0.6) is 0 Å². The Morgan fingerprint density at radius 2 is 1.97 bits per heavy atom. The number of piperidine rings is 1. The number of fused-ring (bicyclic) bond motifs is 1. The van der Waals surface area contributed by atoms with E-state index in [2.05, 4.69) is 22.4 Å². The van der Waals surface area contributed by atoms with Gasteiger partial charge in [0.05, 0.1) is 0 Å². The van der Waals surface area contributed by atoms with Gasteiger partial charge in [-0.25, -0.2) is 0 Å². The second-order valence-corrected chi connectivity index (χ2v) is 9.14. The van der Waals surface area contributed by atoms with Crippen molar-refractivity contribution in [1.82, 2.24) is 15.2 Å². The van der Waals surface area contributed by atoms with Crippen LogP contribution in [0.2, 0.25) is 0 Å². The molecule has 2 saturated heterocycles. The molecule has 0 unspecified atom stereocenters. The Morgan fingerprint density at radius 3 is 2.72 bits per heavy atom. The summed E-state index contributed by atoms with van der Waals surface area (Å²) in [6, 6.07) is 8.19. The smallest absolute Gasteiger partial charge is 0.223 e. The van der Waals surface area contributed by atoms with Crippen LogP contribution in [0.3, 0.4) is 0 Å².